The zero-order valence-corrected chi connectivity index (χ0v) is 10.1. The van der Waals surface area contributed by atoms with Crippen LogP contribution >= 0.6 is 0 Å². The highest BCUT2D eigenvalue weighted by atomic mass is 15.1. The number of nitrogens with one attached hydrogen (secondary N) is 1. The van der Waals surface area contributed by atoms with E-state index in [1.54, 1.807) is 0 Å². The molecule has 2 nitrogen and oxygen atoms in total. The first-order valence-corrected chi connectivity index (χ1v) is 6.25. The van der Waals surface area contributed by atoms with Crippen LogP contribution in [0.4, 0.5) is 0 Å². The van der Waals surface area contributed by atoms with Gasteiger partial charge < -0.3 is 5.32 Å². The smallest absolute Gasteiger partial charge is 0.0187 e. The Morgan fingerprint density at radius 1 is 1.33 bits per heavy atom. The highest BCUT2D eigenvalue weighted by Crippen LogP contribution is 2.32. The number of rotatable bonds is 6. The maximum atomic E-state index is 3.99. The first-order chi connectivity index (χ1) is 7.16. The van der Waals surface area contributed by atoms with Crippen LogP contribution in [0, 0.1) is 5.92 Å². The molecule has 0 heterocycles. The molecule has 0 radical (unpaired) electrons. The zero-order valence-electron chi connectivity index (χ0n) is 10.1. The van der Waals surface area contributed by atoms with Crippen molar-refractivity contribution in [1.29, 1.82) is 0 Å². The van der Waals surface area contributed by atoms with Gasteiger partial charge in [-0.3, -0.25) is 4.90 Å². The van der Waals surface area contributed by atoms with Crippen LogP contribution in [0.5, 0.6) is 0 Å². The molecule has 2 unspecified atom stereocenters. The monoisotopic (exact) mass is 208 g/mol. The third kappa shape index (κ3) is 3.05. The van der Waals surface area contributed by atoms with Crippen LogP contribution in [0.15, 0.2) is 12.2 Å². The lowest BCUT2D eigenvalue weighted by Gasteiger charge is -2.43. The maximum Gasteiger partial charge on any atom is 0.0187 e. The first-order valence-electron chi connectivity index (χ1n) is 6.25. The standard InChI is InChI=1S/C13H24N2/c1-10(2)9-15(3)13-7-4-11(13)8-14-12-5-6-12/h11-14H,1,4-9H2,2-3H3. The van der Waals surface area contributed by atoms with Crippen molar-refractivity contribution in [2.24, 2.45) is 5.92 Å². The molecule has 2 fully saturated rings. The van der Waals surface area contributed by atoms with E-state index >= 15 is 0 Å². The summed E-state index contributed by atoms with van der Waals surface area (Å²) in [6, 6.07) is 1.66. The van der Waals surface area contributed by atoms with Crippen LogP contribution in [0.2, 0.25) is 0 Å². The third-order valence-corrected chi connectivity index (χ3v) is 3.71. The van der Waals surface area contributed by atoms with Crippen molar-refractivity contribution in [2.75, 3.05) is 20.1 Å². The topological polar surface area (TPSA) is 15.3 Å². The van der Waals surface area contributed by atoms with Crippen LogP contribution in [-0.2, 0) is 0 Å². The lowest BCUT2D eigenvalue weighted by atomic mass is 9.78. The molecule has 0 saturated heterocycles. The van der Waals surface area contributed by atoms with Gasteiger partial charge in [0, 0.05) is 18.6 Å². The second kappa shape index (κ2) is 4.67. The van der Waals surface area contributed by atoms with Crippen molar-refractivity contribution < 1.29 is 0 Å². The van der Waals surface area contributed by atoms with E-state index in [1.165, 1.54) is 37.8 Å². The third-order valence-electron chi connectivity index (χ3n) is 3.71. The number of likely N-dealkylation sites (N-methyl/N-ethyl adjacent to an activating group) is 1. The summed E-state index contributed by atoms with van der Waals surface area (Å²) in [5, 5.41) is 3.65. The molecule has 0 aromatic carbocycles. The van der Waals surface area contributed by atoms with Crippen molar-refractivity contribution in [1.82, 2.24) is 10.2 Å². The largest absolute Gasteiger partial charge is 0.314 e. The fourth-order valence-electron chi connectivity index (χ4n) is 2.52. The fraction of sp³-hybridized carbons (Fsp3) is 0.846. The van der Waals surface area contributed by atoms with Crippen molar-refractivity contribution in [3.63, 3.8) is 0 Å². The lowest BCUT2D eigenvalue weighted by molar-refractivity contribution is 0.0913. The summed E-state index contributed by atoms with van der Waals surface area (Å²) in [7, 11) is 2.24. The summed E-state index contributed by atoms with van der Waals surface area (Å²) in [6.45, 7) is 8.40. The molecule has 2 atom stereocenters. The molecule has 0 spiro atoms. The molecule has 15 heavy (non-hydrogen) atoms. The highest BCUT2D eigenvalue weighted by molar-refractivity contribution is 4.97. The highest BCUT2D eigenvalue weighted by Gasteiger charge is 2.34. The summed E-state index contributed by atoms with van der Waals surface area (Å²) in [4.78, 5) is 2.48. The van der Waals surface area contributed by atoms with E-state index in [1.807, 2.05) is 0 Å². The van der Waals surface area contributed by atoms with E-state index in [-0.39, 0.29) is 0 Å². The second-order valence-electron chi connectivity index (χ2n) is 5.46. The Morgan fingerprint density at radius 2 is 2.07 bits per heavy atom. The number of nitrogens with zero attached hydrogens (tertiary/aromatic N) is 1. The molecule has 2 rings (SSSR count). The molecule has 2 aliphatic carbocycles. The Labute approximate surface area is 93.7 Å². The van der Waals surface area contributed by atoms with E-state index in [0.29, 0.717) is 0 Å². The Hall–Kier alpha value is -0.340. The molecule has 2 heteroatoms. The molecule has 0 aliphatic heterocycles. The van der Waals surface area contributed by atoms with Gasteiger partial charge in [0.05, 0.1) is 0 Å². The molecule has 0 aromatic rings. The molecule has 2 saturated carbocycles. The molecule has 1 N–H and O–H groups in total. The lowest BCUT2D eigenvalue weighted by Crippen LogP contribution is -2.49. The van der Waals surface area contributed by atoms with E-state index in [4.69, 9.17) is 0 Å². The number of hydrogen-bond acceptors (Lipinski definition) is 2. The van der Waals surface area contributed by atoms with Crippen LogP contribution in [-0.4, -0.2) is 37.1 Å². The minimum atomic E-state index is 0.799. The predicted octanol–water partition coefficient (Wildman–Crippen LogP) is 2.02. The van der Waals surface area contributed by atoms with Gasteiger partial charge in [-0.1, -0.05) is 12.2 Å². The second-order valence-corrected chi connectivity index (χ2v) is 5.46. The molecule has 2 aliphatic rings. The van der Waals surface area contributed by atoms with Gasteiger partial charge in [-0.25, -0.2) is 0 Å². The van der Waals surface area contributed by atoms with Crippen molar-refractivity contribution in [2.45, 2.75) is 44.7 Å². The van der Waals surface area contributed by atoms with Gasteiger partial charge in [0.1, 0.15) is 0 Å². The fourth-order valence-corrected chi connectivity index (χ4v) is 2.52. The number of hydrogen-bond donors (Lipinski definition) is 1. The summed E-state index contributed by atoms with van der Waals surface area (Å²) < 4.78 is 0. The van der Waals surface area contributed by atoms with E-state index in [0.717, 1.165) is 24.5 Å². The molecule has 86 valence electrons. The summed E-state index contributed by atoms with van der Waals surface area (Å²) >= 11 is 0. The van der Waals surface area contributed by atoms with Crippen molar-refractivity contribution in [3.8, 4) is 0 Å². The van der Waals surface area contributed by atoms with Gasteiger partial charge in [-0.2, -0.15) is 0 Å². The van der Waals surface area contributed by atoms with E-state index in [2.05, 4.69) is 30.8 Å². The van der Waals surface area contributed by atoms with E-state index < -0.39 is 0 Å². The average Bonchev–Trinajstić information content (AvgIpc) is 2.84. The van der Waals surface area contributed by atoms with Gasteiger partial charge in [0.25, 0.3) is 0 Å². The quantitative estimate of drug-likeness (QED) is 0.672. The predicted molar refractivity (Wildman–Crippen MR) is 65.0 cm³/mol. The van der Waals surface area contributed by atoms with Gasteiger partial charge >= 0.3 is 0 Å². The minimum Gasteiger partial charge on any atom is -0.314 e. The summed E-state index contributed by atoms with van der Waals surface area (Å²) in [6.07, 6.45) is 5.59. The summed E-state index contributed by atoms with van der Waals surface area (Å²) in [5.41, 5.74) is 1.28. The minimum absolute atomic E-state index is 0.799. The molecular formula is C13H24N2. The Kier molecular flexibility index (Phi) is 3.47. The molecular weight excluding hydrogens is 184 g/mol. The van der Waals surface area contributed by atoms with E-state index in [9.17, 15) is 0 Å². The Balaban J connectivity index is 1.69. The maximum absolute atomic E-state index is 3.99. The van der Waals surface area contributed by atoms with Crippen molar-refractivity contribution >= 4 is 0 Å². The van der Waals surface area contributed by atoms with Gasteiger partial charge in [-0.15, -0.1) is 0 Å². The van der Waals surface area contributed by atoms with Crippen LogP contribution in [0.25, 0.3) is 0 Å². The van der Waals surface area contributed by atoms with Crippen LogP contribution in [0.3, 0.4) is 0 Å². The average molecular weight is 208 g/mol. The molecule has 0 bridgehead atoms. The van der Waals surface area contributed by atoms with Gasteiger partial charge in [0.15, 0.2) is 0 Å². The van der Waals surface area contributed by atoms with Gasteiger partial charge in [-0.05, 0) is 52.1 Å². The Bertz CT molecular complexity index is 233. The Morgan fingerprint density at radius 3 is 2.53 bits per heavy atom. The first kappa shape index (κ1) is 11.2. The normalized spacial score (nSPS) is 30.3. The van der Waals surface area contributed by atoms with Gasteiger partial charge in [0.2, 0.25) is 0 Å². The molecule has 0 amide bonds. The zero-order chi connectivity index (χ0) is 10.8. The molecule has 0 aromatic heterocycles. The van der Waals surface area contributed by atoms with Crippen LogP contribution in [0.1, 0.15) is 32.6 Å². The SMILES string of the molecule is C=C(C)CN(C)C1CCC1CNC1CC1. The summed E-state index contributed by atoms with van der Waals surface area (Å²) in [5.74, 6) is 0.884. The van der Waals surface area contributed by atoms with Crippen LogP contribution < -0.4 is 5.32 Å². The van der Waals surface area contributed by atoms with Crippen molar-refractivity contribution in [3.05, 3.63) is 12.2 Å².